The predicted octanol–water partition coefficient (Wildman–Crippen LogP) is 3.48. The van der Waals surface area contributed by atoms with E-state index in [-0.39, 0.29) is 5.92 Å². The van der Waals surface area contributed by atoms with Crippen molar-refractivity contribution < 1.29 is 4.79 Å². The molecule has 23 heavy (non-hydrogen) atoms. The molecular formula is C19H25IN2O. The van der Waals surface area contributed by atoms with E-state index in [1.807, 2.05) is 0 Å². The van der Waals surface area contributed by atoms with E-state index in [2.05, 4.69) is 63.7 Å². The molecule has 0 N–H and O–H groups in total. The lowest BCUT2D eigenvalue weighted by molar-refractivity contribution is -0.139. The average Bonchev–Trinajstić information content (AvgIpc) is 3.15. The minimum atomic E-state index is 0.150. The summed E-state index contributed by atoms with van der Waals surface area (Å²) >= 11 is 2.36. The fourth-order valence-electron chi connectivity index (χ4n) is 5.00. The summed E-state index contributed by atoms with van der Waals surface area (Å²) in [4.78, 5) is 17.9. The summed E-state index contributed by atoms with van der Waals surface area (Å²) in [7, 11) is 2.23. The van der Waals surface area contributed by atoms with Crippen LogP contribution in [0.1, 0.15) is 43.6 Å². The fourth-order valence-corrected chi connectivity index (χ4v) is 5.36. The number of benzene rings is 1. The van der Waals surface area contributed by atoms with Gasteiger partial charge in [0, 0.05) is 28.7 Å². The number of rotatable bonds is 2. The number of amides is 1. The van der Waals surface area contributed by atoms with Gasteiger partial charge in [0.1, 0.15) is 0 Å². The van der Waals surface area contributed by atoms with Gasteiger partial charge in [-0.25, -0.2) is 0 Å². The maximum Gasteiger partial charge on any atom is 0.227 e. The molecule has 0 aliphatic carbocycles. The van der Waals surface area contributed by atoms with Crippen LogP contribution in [0.4, 0.5) is 0 Å². The molecule has 4 rings (SSSR count). The first-order chi connectivity index (χ1) is 11.1. The van der Waals surface area contributed by atoms with Crippen molar-refractivity contribution in [3.8, 4) is 0 Å². The van der Waals surface area contributed by atoms with E-state index in [0.29, 0.717) is 23.9 Å². The van der Waals surface area contributed by atoms with Crippen LogP contribution in [-0.4, -0.2) is 47.9 Å². The lowest BCUT2D eigenvalue weighted by Gasteiger charge is -2.43. The van der Waals surface area contributed by atoms with Gasteiger partial charge >= 0.3 is 0 Å². The number of likely N-dealkylation sites (tertiary alicyclic amines) is 1. The number of carbonyl (C=O) groups is 1. The molecule has 3 aliphatic rings. The highest BCUT2D eigenvalue weighted by molar-refractivity contribution is 14.1. The number of piperidine rings is 1. The third-order valence-corrected chi connectivity index (χ3v) is 6.99. The first-order valence-electron chi connectivity index (χ1n) is 8.91. The van der Waals surface area contributed by atoms with Gasteiger partial charge in [0.05, 0.1) is 5.92 Å². The molecule has 2 bridgehead atoms. The van der Waals surface area contributed by atoms with Crippen LogP contribution in [-0.2, 0) is 4.79 Å². The predicted molar refractivity (Wildman–Crippen MR) is 100 cm³/mol. The van der Waals surface area contributed by atoms with Crippen LogP contribution in [0.5, 0.6) is 0 Å². The Bertz CT molecular complexity index is 582. The summed E-state index contributed by atoms with van der Waals surface area (Å²) in [6, 6.07) is 9.97. The van der Waals surface area contributed by atoms with E-state index >= 15 is 0 Å². The van der Waals surface area contributed by atoms with Crippen LogP contribution in [0.15, 0.2) is 24.3 Å². The summed E-state index contributed by atoms with van der Waals surface area (Å²) in [6.07, 6.45) is 5.93. The van der Waals surface area contributed by atoms with Crippen molar-refractivity contribution >= 4 is 28.5 Å². The number of nitrogens with zero attached hydrogens (tertiary/aromatic N) is 2. The molecule has 0 saturated carbocycles. The van der Waals surface area contributed by atoms with Gasteiger partial charge in [-0.2, -0.15) is 0 Å². The zero-order valence-corrected chi connectivity index (χ0v) is 15.9. The monoisotopic (exact) mass is 422 g/mol. The molecule has 3 heterocycles. The molecule has 4 atom stereocenters. The molecule has 3 nitrogen and oxygen atoms in total. The van der Waals surface area contributed by atoms with E-state index in [1.165, 1.54) is 34.8 Å². The normalized spacial score (nSPS) is 34.1. The van der Waals surface area contributed by atoms with Crippen molar-refractivity contribution in [2.45, 2.75) is 50.1 Å². The van der Waals surface area contributed by atoms with Crippen molar-refractivity contribution in [2.75, 3.05) is 20.1 Å². The third-order valence-electron chi connectivity index (χ3n) is 6.27. The molecule has 1 aromatic rings. The smallest absolute Gasteiger partial charge is 0.227 e. The quantitative estimate of drug-likeness (QED) is 0.682. The van der Waals surface area contributed by atoms with Gasteiger partial charge in [-0.3, -0.25) is 9.69 Å². The SMILES string of the molecule is CN1[C@H]2CC[C@@H]1[C@@H](C(=O)N1CCCC1)[C@@H](c1ccc([125I])cc1)C2. The van der Waals surface area contributed by atoms with Gasteiger partial charge in [0.15, 0.2) is 0 Å². The van der Waals surface area contributed by atoms with Gasteiger partial charge in [-0.05, 0) is 85.4 Å². The van der Waals surface area contributed by atoms with Crippen molar-refractivity contribution in [1.29, 1.82) is 0 Å². The number of hydrogen-bond donors (Lipinski definition) is 0. The largest absolute Gasteiger partial charge is 0.342 e. The Labute approximate surface area is 152 Å². The third kappa shape index (κ3) is 2.82. The summed E-state index contributed by atoms with van der Waals surface area (Å²) < 4.78 is 1.27. The zero-order chi connectivity index (χ0) is 16.0. The number of carbonyl (C=O) groups excluding carboxylic acids is 1. The molecule has 3 fully saturated rings. The van der Waals surface area contributed by atoms with Gasteiger partial charge in [-0.1, -0.05) is 12.1 Å². The lowest BCUT2D eigenvalue weighted by atomic mass is 9.75. The van der Waals surface area contributed by atoms with Crippen LogP contribution in [0.3, 0.4) is 0 Å². The molecule has 124 valence electrons. The molecule has 0 spiro atoms. The maximum atomic E-state index is 13.3. The van der Waals surface area contributed by atoms with Crippen LogP contribution in [0.2, 0.25) is 0 Å². The van der Waals surface area contributed by atoms with Crippen LogP contribution >= 0.6 is 22.6 Å². The van der Waals surface area contributed by atoms with Crippen LogP contribution in [0.25, 0.3) is 0 Å². The molecule has 1 amide bonds. The van der Waals surface area contributed by atoms with E-state index in [9.17, 15) is 4.79 Å². The molecule has 0 aromatic heterocycles. The van der Waals surface area contributed by atoms with Gasteiger partial charge in [0.2, 0.25) is 5.91 Å². The molecule has 4 heteroatoms. The van der Waals surface area contributed by atoms with Crippen molar-refractivity contribution in [2.24, 2.45) is 5.92 Å². The minimum absolute atomic E-state index is 0.150. The molecule has 3 saturated heterocycles. The second-order valence-corrected chi connectivity index (χ2v) is 8.66. The highest BCUT2D eigenvalue weighted by Crippen LogP contribution is 2.47. The van der Waals surface area contributed by atoms with E-state index in [1.54, 1.807) is 0 Å². The minimum Gasteiger partial charge on any atom is -0.342 e. The van der Waals surface area contributed by atoms with Crippen molar-refractivity contribution in [3.05, 3.63) is 33.4 Å². The number of hydrogen-bond acceptors (Lipinski definition) is 2. The van der Waals surface area contributed by atoms with Crippen LogP contribution < -0.4 is 0 Å². The standard InChI is InChI=1S/C19H25IN2O/c1-21-15-8-9-17(21)18(19(23)22-10-2-3-11-22)16(12-15)13-4-6-14(20)7-5-13/h4-7,15-18H,2-3,8-12H2,1H3/t15-,16+,17+,18-/m0/s1/i20-2. The zero-order valence-electron chi connectivity index (χ0n) is 13.7. The maximum absolute atomic E-state index is 13.3. The number of halogens is 1. The Hall–Kier alpha value is -0.620. The Morgan fingerprint density at radius 2 is 1.83 bits per heavy atom. The van der Waals surface area contributed by atoms with E-state index in [0.717, 1.165) is 19.5 Å². The summed E-state index contributed by atoms with van der Waals surface area (Å²) in [5.41, 5.74) is 1.37. The van der Waals surface area contributed by atoms with Gasteiger partial charge < -0.3 is 4.90 Å². The van der Waals surface area contributed by atoms with Gasteiger partial charge in [-0.15, -0.1) is 0 Å². The molecule has 1 aromatic carbocycles. The van der Waals surface area contributed by atoms with Gasteiger partial charge in [0.25, 0.3) is 0 Å². The van der Waals surface area contributed by atoms with Crippen LogP contribution in [0, 0.1) is 9.49 Å². The van der Waals surface area contributed by atoms with Crippen molar-refractivity contribution in [3.63, 3.8) is 0 Å². The summed E-state index contributed by atoms with van der Waals surface area (Å²) in [5.74, 6) is 0.967. The molecule has 3 aliphatic heterocycles. The highest BCUT2D eigenvalue weighted by atomic mass is 125. The van der Waals surface area contributed by atoms with Crippen molar-refractivity contribution in [1.82, 2.24) is 9.80 Å². The lowest BCUT2D eigenvalue weighted by Crippen LogP contribution is -2.52. The average molecular weight is 422 g/mol. The summed E-state index contributed by atoms with van der Waals surface area (Å²) in [5, 5.41) is 0. The highest BCUT2D eigenvalue weighted by Gasteiger charge is 2.50. The Morgan fingerprint density at radius 3 is 2.52 bits per heavy atom. The molecule has 0 unspecified atom stereocenters. The second kappa shape index (κ2) is 6.36. The Balaban J connectivity index is 1.67. The Morgan fingerprint density at radius 1 is 1.13 bits per heavy atom. The Kier molecular flexibility index (Phi) is 4.39. The first kappa shape index (κ1) is 15.9. The second-order valence-electron chi connectivity index (χ2n) is 7.42. The van der Waals surface area contributed by atoms with E-state index in [4.69, 9.17) is 0 Å². The summed E-state index contributed by atoms with van der Waals surface area (Å²) in [6.45, 7) is 1.93. The van der Waals surface area contributed by atoms with E-state index < -0.39 is 0 Å². The molecular weight excluding hydrogens is 397 g/mol. The topological polar surface area (TPSA) is 23.6 Å². The first-order valence-corrected chi connectivity index (χ1v) is 9.99. The fraction of sp³-hybridized carbons (Fsp3) is 0.632. The molecule has 0 radical (unpaired) electrons. The number of fused-ring (bicyclic) bond motifs is 2.